The highest BCUT2D eigenvalue weighted by Crippen LogP contribution is 1.96. The van der Waals surface area contributed by atoms with Crippen LogP contribution in [-0.4, -0.2) is 6.04 Å². The van der Waals surface area contributed by atoms with E-state index < -0.39 is 0 Å². The average Bonchev–Trinajstić information content (AvgIpc) is 1.98. The highest BCUT2D eigenvalue weighted by Gasteiger charge is 1.88. The quantitative estimate of drug-likeness (QED) is 0.462. The van der Waals surface area contributed by atoms with Gasteiger partial charge in [-0.25, -0.2) is 0 Å². The Morgan fingerprint density at radius 1 is 1.40 bits per heavy atom. The molecule has 1 nitrogen and oxygen atoms in total. The van der Waals surface area contributed by atoms with Crippen LogP contribution in [0.1, 0.15) is 39.5 Å². The van der Waals surface area contributed by atoms with Crippen molar-refractivity contribution in [2.45, 2.75) is 45.6 Å². The molecule has 0 radical (unpaired) electrons. The van der Waals surface area contributed by atoms with Crippen LogP contribution in [0.3, 0.4) is 0 Å². The Labute approximate surface area is 64.3 Å². The highest BCUT2D eigenvalue weighted by atomic mass is 14.6. The third-order valence-electron chi connectivity index (χ3n) is 1.58. The molecule has 1 heteroatoms. The molecule has 0 aromatic carbocycles. The molecular formula is C9H19N. The Bertz CT molecular complexity index is 86.7. The van der Waals surface area contributed by atoms with Gasteiger partial charge in [-0.3, -0.25) is 0 Å². The Balaban J connectivity index is 3.18. The molecule has 10 heavy (non-hydrogen) atoms. The van der Waals surface area contributed by atoms with Gasteiger partial charge in [-0.1, -0.05) is 38.8 Å². The van der Waals surface area contributed by atoms with Crippen LogP contribution in [-0.2, 0) is 0 Å². The van der Waals surface area contributed by atoms with Gasteiger partial charge in [0.2, 0.25) is 0 Å². The molecule has 0 amide bonds. The molecule has 0 saturated heterocycles. The lowest BCUT2D eigenvalue weighted by Gasteiger charge is -1.98. The largest absolute Gasteiger partial charge is 0.324 e. The maximum absolute atomic E-state index is 5.67. The zero-order chi connectivity index (χ0) is 7.82. The molecule has 0 bridgehead atoms. The fourth-order valence-corrected chi connectivity index (χ4v) is 0.729. The summed E-state index contributed by atoms with van der Waals surface area (Å²) >= 11 is 0. The van der Waals surface area contributed by atoms with E-state index in [-0.39, 0.29) is 6.04 Å². The van der Waals surface area contributed by atoms with Gasteiger partial charge in [0.15, 0.2) is 0 Å². The van der Waals surface area contributed by atoms with Gasteiger partial charge in [0.25, 0.3) is 0 Å². The van der Waals surface area contributed by atoms with Gasteiger partial charge < -0.3 is 5.73 Å². The normalized spacial score (nSPS) is 14.3. The van der Waals surface area contributed by atoms with Crippen LogP contribution in [0.15, 0.2) is 12.2 Å². The second kappa shape index (κ2) is 6.81. The minimum Gasteiger partial charge on any atom is -0.324 e. The van der Waals surface area contributed by atoms with Crippen LogP contribution >= 0.6 is 0 Å². The van der Waals surface area contributed by atoms with Crippen molar-refractivity contribution >= 4 is 0 Å². The SMILES string of the molecule is CCCCC=CC(N)CC. The molecule has 0 saturated carbocycles. The fraction of sp³-hybridized carbons (Fsp3) is 0.778. The first-order valence-corrected chi connectivity index (χ1v) is 4.23. The van der Waals surface area contributed by atoms with Gasteiger partial charge in [-0.15, -0.1) is 0 Å². The van der Waals surface area contributed by atoms with E-state index in [4.69, 9.17) is 5.73 Å². The van der Waals surface area contributed by atoms with E-state index in [1.54, 1.807) is 0 Å². The van der Waals surface area contributed by atoms with E-state index in [9.17, 15) is 0 Å². The van der Waals surface area contributed by atoms with Crippen molar-refractivity contribution in [1.29, 1.82) is 0 Å². The van der Waals surface area contributed by atoms with Crippen molar-refractivity contribution in [3.05, 3.63) is 12.2 Å². The number of rotatable bonds is 5. The molecule has 0 heterocycles. The standard InChI is InChI=1S/C9H19N/c1-3-5-6-7-8-9(10)4-2/h7-9H,3-6,10H2,1-2H3. The first-order chi connectivity index (χ1) is 4.81. The van der Waals surface area contributed by atoms with Gasteiger partial charge in [-0.2, -0.15) is 0 Å². The summed E-state index contributed by atoms with van der Waals surface area (Å²) in [6.45, 7) is 4.31. The fourth-order valence-electron chi connectivity index (χ4n) is 0.729. The average molecular weight is 141 g/mol. The van der Waals surface area contributed by atoms with Gasteiger partial charge in [0, 0.05) is 6.04 Å². The van der Waals surface area contributed by atoms with E-state index in [2.05, 4.69) is 26.0 Å². The molecule has 0 rings (SSSR count). The third kappa shape index (κ3) is 5.83. The van der Waals surface area contributed by atoms with Gasteiger partial charge >= 0.3 is 0 Å². The Hall–Kier alpha value is -0.300. The molecule has 1 unspecified atom stereocenters. The zero-order valence-electron chi connectivity index (χ0n) is 7.14. The number of hydrogen-bond donors (Lipinski definition) is 1. The lowest BCUT2D eigenvalue weighted by molar-refractivity contribution is 0.766. The Morgan fingerprint density at radius 3 is 2.60 bits per heavy atom. The minimum absolute atomic E-state index is 0.275. The molecule has 0 aliphatic heterocycles. The summed E-state index contributed by atoms with van der Waals surface area (Å²) < 4.78 is 0. The van der Waals surface area contributed by atoms with Crippen molar-refractivity contribution in [2.75, 3.05) is 0 Å². The van der Waals surface area contributed by atoms with E-state index >= 15 is 0 Å². The Morgan fingerprint density at radius 2 is 2.10 bits per heavy atom. The molecular weight excluding hydrogens is 122 g/mol. The summed E-state index contributed by atoms with van der Waals surface area (Å²) in [6, 6.07) is 0.275. The van der Waals surface area contributed by atoms with Crippen LogP contribution in [0.4, 0.5) is 0 Å². The highest BCUT2D eigenvalue weighted by molar-refractivity contribution is 4.90. The van der Waals surface area contributed by atoms with E-state index in [1.807, 2.05) is 0 Å². The van der Waals surface area contributed by atoms with Crippen molar-refractivity contribution in [3.63, 3.8) is 0 Å². The molecule has 60 valence electrons. The smallest absolute Gasteiger partial charge is 0.0221 e. The van der Waals surface area contributed by atoms with Crippen molar-refractivity contribution < 1.29 is 0 Å². The van der Waals surface area contributed by atoms with Gasteiger partial charge in [0.05, 0.1) is 0 Å². The summed E-state index contributed by atoms with van der Waals surface area (Å²) in [7, 11) is 0. The maximum atomic E-state index is 5.67. The minimum atomic E-state index is 0.275. The predicted molar refractivity (Wildman–Crippen MR) is 46.9 cm³/mol. The number of unbranched alkanes of at least 4 members (excludes halogenated alkanes) is 2. The molecule has 2 N–H and O–H groups in total. The second-order valence-electron chi connectivity index (χ2n) is 2.64. The maximum Gasteiger partial charge on any atom is 0.0221 e. The zero-order valence-corrected chi connectivity index (χ0v) is 7.14. The Kier molecular flexibility index (Phi) is 6.61. The van der Waals surface area contributed by atoms with E-state index in [1.165, 1.54) is 19.3 Å². The van der Waals surface area contributed by atoms with Crippen LogP contribution in [0.25, 0.3) is 0 Å². The van der Waals surface area contributed by atoms with Crippen molar-refractivity contribution in [2.24, 2.45) is 5.73 Å². The summed E-state index contributed by atoms with van der Waals surface area (Å²) in [5.74, 6) is 0. The number of allylic oxidation sites excluding steroid dienone is 1. The second-order valence-corrected chi connectivity index (χ2v) is 2.64. The molecule has 0 aromatic rings. The number of hydrogen-bond acceptors (Lipinski definition) is 1. The van der Waals surface area contributed by atoms with Crippen LogP contribution < -0.4 is 5.73 Å². The molecule has 1 atom stereocenters. The first-order valence-electron chi connectivity index (χ1n) is 4.23. The monoisotopic (exact) mass is 141 g/mol. The predicted octanol–water partition coefficient (Wildman–Crippen LogP) is 2.47. The summed E-state index contributed by atoms with van der Waals surface area (Å²) in [5, 5.41) is 0. The lowest BCUT2D eigenvalue weighted by atomic mass is 10.2. The van der Waals surface area contributed by atoms with E-state index in [0.29, 0.717) is 0 Å². The van der Waals surface area contributed by atoms with Crippen LogP contribution in [0.2, 0.25) is 0 Å². The summed E-state index contributed by atoms with van der Waals surface area (Å²) in [5.41, 5.74) is 5.67. The topological polar surface area (TPSA) is 26.0 Å². The van der Waals surface area contributed by atoms with Gasteiger partial charge in [0.1, 0.15) is 0 Å². The summed E-state index contributed by atoms with van der Waals surface area (Å²) in [4.78, 5) is 0. The molecule has 0 aromatic heterocycles. The van der Waals surface area contributed by atoms with Crippen LogP contribution in [0.5, 0.6) is 0 Å². The summed E-state index contributed by atoms with van der Waals surface area (Å²) in [6.07, 6.45) is 9.08. The van der Waals surface area contributed by atoms with Gasteiger partial charge in [-0.05, 0) is 12.8 Å². The lowest BCUT2D eigenvalue weighted by Crippen LogP contribution is -2.14. The van der Waals surface area contributed by atoms with Crippen molar-refractivity contribution in [3.8, 4) is 0 Å². The third-order valence-corrected chi connectivity index (χ3v) is 1.58. The van der Waals surface area contributed by atoms with E-state index in [0.717, 1.165) is 6.42 Å². The molecule has 0 aliphatic carbocycles. The first kappa shape index (κ1) is 9.70. The number of nitrogens with two attached hydrogens (primary N) is 1. The van der Waals surface area contributed by atoms with Crippen LogP contribution in [0, 0.1) is 0 Å². The molecule has 0 fully saturated rings. The molecule has 0 spiro atoms. The molecule has 0 aliphatic rings. The van der Waals surface area contributed by atoms with Crippen molar-refractivity contribution in [1.82, 2.24) is 0 Å².